The molecule has 0 aromatic carbocycles. The molecule has 2 unspecified atom stereocenters. The lowest BCUT2D eigenvalue weighted by Gasteiger charge is -2.36. The zero-order chi connectivity index (χ0) is 11.8. The Balaban J connectivity index is 1.98. The van der Waals surface area contributed by atoms with Crippen LogP contribution in [0.15, 0.2) is 0 Å². The average Bonchev–Trinajstić information content (AvgIpc) is 2.61. The van der Waals surface area contributed by atoms with Crippen molar-refractivity contribution in [2.75, 3.05) is 13.1 Å². The van der Waals surface area contributed by atoms with Gasteiger partial charge in [0.25, 0.3) is 0 Å². The number of carbonyl (C=O) groups excluding carboxylic acids is 1. The Morgan fingerprint density at radius 2 is 1.94 bits per heavy atom. The summed E-state index contributed by atoms with van der Waals surface area (Å²) in [6.07, 6.45) is 6.95. The van der Waals surface area contributed by atoms with Crippen LogP contribution < -0.4 is 0 Å². The number of fused-ring (bicyclic) bond motifs is 1. The van der Waals surface area contributed by atoms with Crippen LogP contribution in [0.1, 0.15) is 52.9 Å². The van der Waals surface area contributed by atoms with Gasteiger partial charge in [-0.05, 0) is 38.6 Å². The molecule has 0 aromatic heterocycles. The molecule has 2 heteroatoms. The molecular weight excluding hydrogens is 198 g/mol. The summed E-state index contributed by atoms with van der Waals surface area (Å²) in [5, 5.41) is 0. The minimum absolute atomic E-state index is 0.160. The van der Waals surface area contributed by atoms with Crippen LogP contribution in [0.2, 0.25) is 0 Å². The third-order valence-electron chi connectivity index (χ3n) is 4.68. The first kappa shape index (κ1) is 12.1. The summed E-state index contributed by atoms with van der Waals surface area (Å²) in [5.74, 6) is 1.25. The number of nitrogens with zero attached hydrogens (tertiary/aromatic N) is 1. The molecule has 1 saturated carbocycles. The Kier molecular flexibility index (Phi) is 3.39. The molecule has 16 heavy (non-hydrogen) atoms. The number of hydrogen-bond acceptors (Lipinski definition) is 2. The molecule has 2 fully saturated rings. The molecule has 2 nitrogen and oxygen atoms in total. The molecule has 1 aliphatic carbocycles. The third-order valence-corrected chi connectivity index (χ3v) is 4.68. The average molecular weight is 223 g/mol. The first-order valence-electron chi connectivity index (χ1n) is 6.76. The van der Waals surface area contributed by atoms with Gasteiger partial charge in [0.1, 0.15) is 5.78 Å². The zero-order valence-electron chi connectivity index (χ0n) is 11.0. The highest BCUT2D eigenvalue weighted by Crippen LogP contribution is 2.37. The molecule has 0 bridgehead atoms. The van der Waals surface area contributed by atoms with Crippen LogP contribution in [0.4, 0.5) is 0 Å². The first-order valence-corrected chi connectivity index (χ1v) is 6.76. The first-order chi connectivity index (χ1) is 7.50. The predicted molar refractivity (Wildman–Crippen MR) is 66.4 cm³/mol. The lowest BCUT2D eigenvalue weighted by atomic mass is 9.83. The van der Waals surface area contributed by atoms with E-state index in [2.05, 4.69) is 18.7 Å². The van der Waals surface area contributed by atoms with Crippen molar-refractivity contribution < 1.29 is 4.79 Å². The van der Waals surface area contributed by atoms with Gasteiger partial charge in [0, 0.05) is 18.0 Å². The van der Waals surface area contributed by atoms with Crippen molar-refractivity contribution in [2.45, 2.75) is 58.9 Å². The zero-order valence-corrected chi connectivity index (χ0v) is 11.0. The van der Waals surface area contributed by atoms with Crippen LogP contribution in [0.25, 0.3) is 0 Å². The monoisotopic (exact) mass is 223 g/mol. The minimum Gasteiger partial charge on any atom is -0.299 e. The van der Waals surface area contributed by atoms with Crippen molar-refractivity contribution in [1.29, 1.82) is 0 Å². The fourth-order valence-corrected chi connectivity index (χ4v) is 3.32. The quantitative estimate of drug-likeness (QED) is 0.733. The molecule has 0 N–H and O–H groups in total. The minimum atomic E-state index is -0.160. The number of hydrogen-bond donors (Lipinski definition) is 0. The van der Waals surface area contributed by atoms with Crippen LogP contribution in [0.5, 0.6) is 0 Å². The van der Waals surface area contributed by atoms with Gasteiger partial charge in [-0.2, -0.15) is 0 Å². The Labute approximate surface area is 99.4 Å². The van der Waals surface area contributed by atoms with E-state index in [9.17, 15) is 4.79 Å². The third kappa shape index (κ3) is 2.32. The Morgan fingerprint density at radius 3 is 2.62 bits per heavy atom. The Bertz CT molecular complexity index is 272. The van der Waals surface area contributed by atoms with E-state index in [1.807, 2.05) is 0 Å². The molecule has 0 spiro atoms. The van der Waals surface area contributed by atoms with Crippen molar-refractivity contribution in [3.8, 4) is 0 Å². The summed E-state index contributed by atoms with van der Waals surface area (Å²) < 4.78 is 0. The van der Waals surface area contributed by atoms with Crippen LogP contribution in [-0.2, 0) is 4.79 Å². The van der Waals surface area contributed by atoms with Crippen LogP contribution >= 0.6 is 0 Å². The van der Waals surface area contributed by atoms with Gasteiger partial charge < -0.3 is 0 Å². The maximum Gasteiger partial charge on any atom is 0.136 e. The number of Topliss-reactive ketones (excluding diaryl/α,β-unsaturated/α-hetero) is 1. The molecule has 0 radical (unpaired) electrons. The van der Waals surface area contributed by atoms with Crippen LogP contribution in [-0.4, -0.2) is 29.8 Å². The van der Waals surface area contributed by atoms with Gasteiger partial charge in [-0.3, -0.25) is 9.69 Å². The van der Waals surface area contributed by atoms with Gasteiger partial charge in [0.2, 0.25) is 0 Å². The molecule has 1 aliphatic heterocycles. The second-order valence-corrected chi connectivity index (χ2v) is 6.31. The summed E-state index contributed by atoms with van der Waals surface area (Å²) in [4.78, 5) is 14.2. The van der Waals surface area contributed by atoms with Gasteiger partial charge >= 0.3 is 0 Å². The second-order valence-electron chi connectivity index (χ2n) is 6.31. The highest BCUT2D eigenvalue weighted by Gasteiger charge is 2.38. The van der Waals surface area contributed by atoms with Crippen LogP contribution in [0.3, 0.4) is 0 Å². The fourth-order valence-electron chi connectivity index (χ4n) is 3.32. The van der Waals surface area contributed by atoms with E-state index < -0.39 is 0 Å². The molecule has 92 valence electrons. The summed E-state index contributed by atoms with van der Waals surface area (Å²) in [6, 6.07) is 0.785. The van der Waals surface area contributed by atoms with Gasteiger partial charge in [-0.1, -0.05) is 26.7 Å². The maximum absolute atomic E-state index is 11.6. The van der Waals surface area contributed by atoms with Crippen molar-refractivity contribution in [1.82, 2.24) is 4.90 Å². The Morgan fingerprint density at radius 1 is 1.25 bits per heavy atom. The van der Waals surface area contributed by atoms with E-state index in [4.69, 9.17) is 0 Å². The molecule has 0 aromatic rings. The van der Waals surface area contributed by atoms with Crippen LogP contribution in [0, 0.1) is 11.3 Å². The molecular formula is C14H25NO. The van der Waals surface area contributed by atoms with E-state index in [-0.39, 0.29) is 5.41 Å². The number of carbonyl (C=O) groups is 1. The van der Waals surface area contributed by atoms with E-state index in [1.165, 1.54) is 38.6 Å². The molecule has 2 aliphatic rings. The Hall–Kier alpha value is -0.370. The predicted octanol–water partition coefficient (Wildman–Crippen LogP) is 2.87. The topological polar surface area (TPSA) is 20.3 Å². The standard InChI is InChI=1S/C14H25NO/c1-11(16)14(2,3)10-15-9-8-12-6-4-5-7-13(12)15/h12-13H,4-10H2,1-3H3. The molecule has 2 rings (SSSR count). The van der Waals surface area contributed by atoms with E-state index >= 15 is 0 Å². The number of rotatable bonds is 3. The second kappa shape index (κ2) is 4.48. The summed E-state index contributed by atoms with van der Waals surface area (Å²) in [6.45, 7) is 8.08. The largest absolute Gasteiger partial charge is 0.299 e. The van der Waals surface area contributed by atoms with Gasteiger partial charge in [0.15, 0.2) is 0 Å². The highest BCUT2D eigenvalue weighted by atomic mass is 16.1. The summed E-state index contributed by atoms with van der Waals surface area (Å²) >= 11 is 0. The fraction of sp³-hybridized carbons (Fsp3) is 0.929. The smallest absolute Gasteiger partial charge is 0.136 e. The van der Waals surface area contributed by atoms with Gasteiger partial charge in [0.05, 0.1) is 0 Å². The SMILES string of the molecule is CC(=O)C(C)(C)CN1CCC2CCCCC21. The molecule has 2 atom stereocenters. The summed E-state index contributed by atoms with van der Waals surface area (Å²) in [5.41, 5.74) is -0.160. The highest BCUT2D eigenvalue weighted by molar-refractivity contribution is 5.81. The van der Waals surface area contributed by atoms with Crippen molar-refractivity contribution in [3.05, 3.63) is 0 Å². The molecule has 0 amide bonds. The number of likely N-dealkylation sites (tertiary alicyclic amines) is 1. The normalized spacial score (nSPS) is 31.4. The van der Waals surface area contributed by atoms with E-state index in [0.717, 1.165) is 18.5 Å². The van der Waals surface area contributed by atoms with Crippen molar-refractivity contribution >= 4 is 5.78 Å². The lowest BCUT2D eigenvalue weighted by molar-refractivity contribution is -0.126. The molecule has 1 saturated heterocycles. The van der Waals surface area contributed by atoms with Crippen molar-refractivity contribution in [2.24, 2.45) is 11.3 Å². The van der Waals surface area contributed by atoms with E-state index in [1.54, 1.807) is 6.92 Å². The molecule has 1 heterocycles. The lowest BCUT2D eigenvalue weighted by Crippen LogP contribution is -2.43. The van der Waals surface area contributed by atoms with Gasteiger partial charge in [-0.25, -0.2) is 0 Å². The van der Waals surface area contributed by atoms with Crippen molar-refractivity contribution in [3.63, 3.8) is 0 Å². The maximum atomic E-state index is 11.6. The van der Waals surface area contributed by atoms with E-state index in [0.29, 0.717) is 5.78 Å². The summed E-state index contributed by atoms with van der Waals surface area (Å²) in [7, 11) is 0. The van der Waals surface area contributed by atoms with Gasteiger partial charge in [-0.15, -0.1) is 0 Å². The number of ketones is 1.